The largest absolute Gasteiger partial charge is 0.330 e. The van der Waals surface area contributed by atoms with E-state index in [1.807, 2.05) is 24.3 Å². The minimum Gasteiger partial charge on any atom is -0.330 e. The first kappa shape index (κ1) is 15.4. The summed E-state index contributed by atoms with van der Waals surface area (Å²) < 4.78 is 4.38. The van der Waals surface area contributed by atoms with Crippen LogP contribution in [0.3, 0.4) is 0 Å². The number of benzene rings is 1. The lowest BCUT2D eigenvalue weighted by Gasteiger charge is -2.06. The molecule has 0 aliphatic heterocycles. The van der Waals surface area contributed by atoms with Crippen LogP contribution in [0, 0.1) is 0 Å². The van der Waals surface area contributed by atoms with E-state index in [0.717, 1.165) is 40.7 Å². The topological polar surface area (TPSA) is 77.8 Å². The van der Waals surface area contributed by atoms with E-state index in [9.17, 15) is 0 Å². The van der Waals surface area contributed by atoms with Gasteiger partial charge in [0.15, 0.2) is 0 Å². The van der Waals surface area contributed by atoms with Crippen LogP contribution in [0.15, 0.2) is 24.3 Å². The highest BCUT2D eigenvalue weighted by Gasteiger charge is 2.12. The molecule has 2 aromatic rings. The number of aromatic nitrogens is 2. The average molecular weight is 311 g/mol. The van der Waals surface area contributed by atoms with Gasteiger partial charge in [-0.1, -0.05) is 30.2 Å². The number of rotatable bonds is 7. The van der Waals surface area contributed by atoms with E-state index in [1.165, 1.54) is 11.5 Å². The Morgan fingerprint density at radius 3 is 2.65 bits per heavy atom. The van der Waals surface area contributed by atoms with Crippen molar-refractivity contribution in [1.82, 2.24) is 9.36 Å². The highest BCUT2D eigenvalue weighted by Crippen LogP contribution is 2.20. The van der Waals surface area contributed by atoms with Gasteiger partial charge in [0.25, 0.3) is 0 Å². The van der Waals surface area contributed by atoms with Gasteiger partial charge in [-0.15, -0.1) is 0 Å². The van der Waals surface area contributed by atoms with Crippen molar-refractivity contribution in [2.75, 3.05) is 6.54 Å². The number of hydrogen-bond acceptors (Lipinski definition) is 5. The SMILES string of the molecule is NCCCCC(N)c1nc(Cc2ccc(Cl)cc2)ns1. The summed E-state index contributed by atoms with van der Waals surface area (Å²) >= 11 is 7.26. The Kier molecular flexibility index (Phi) is 5.91. The monoisotopic (exact) mass is 310 g/mol. The second-order valence-corrected chi connectivity index (χ2v) is 5.96. The Morgan fingerprint density at radius 2 is 1.95 bits per heavy atom. The molecule has 0 amide bonds. The Bertz CT molecular complexity index is 526. The van der Waals surface area contributed by atoms with Gasteiger partial charge in [0.1, 0.15) is 10.8 Å². The maximum atomic E-state index is 6.11. The second kappa shape index (κ2) is 7.69. The first-order valence-electron chi connectivity index (χ1n) is 6.71. The molecule has 1 unspecified atom stereocenters. The van der Waals surface area contributed by atoms with Gasteiger partial charge in [-0.2, -0.15) is 4.37 Å². The van der Waals surface area contributed by atoms with Crippen LogP contribution in [-0.4, -0.2) is 15.9 Å². The minimum absolute atomic E-state index is 0.0296. The summed E-state index contributed by atoms with van der Waals surface area (Å²) in [6, 6.07) is 7.71. The smallest absolute Gasteiger partial charge is 0.147 e. The normalized spacial score (nSPS) is 12.6. The van der Waals surface area contributed by atoms with Gasteiger partial charge in [-0.3, -0.25) is 0 Å². The van der Waals surface area contributed by atoms with Gasteiger partial charge in [-0.25, -0.2) is 4.98 Å². The molecule has 1 atom stereocenters. The Labute approximate surface area is 128 Å². The highest BCUT2D eigenvalue weighted by atomic mass is 35.5. The van der Waals surface area contributed by atoms with Crippen LogP contribution >= 0.6 is 23.1 Å². The fraction of sp³-hybridized carbons (Fsp3) is 0.429. The summed E-state index contributed by atoms with van der Waals surface area (Å²) in [6.07, 6.45) is 3.66. The van der Waals surface area contributed by atoms with E-state index in [-0.39, 0.29) is 6.04 Å². The van der Waals surface area contributed by atoms with E-state index in [2.05, 4.69) is 9.36 Å². The Morgan fingerprint density at radius 1 is 1.20 bits per heavy atom. The first-order chi connectivity index (χ1) is 9.69. The molecule has 2 rings (SSSR count). The van der Waals surface area contributed by atoms with Crippen LogP contribution in [0.1, 0.15) is 41.7 Å². The third-order valence-corrected chi connectivity index (χ3v) is 4.18. The molecule has 4 nitrogen and oxygen atoms in total. The van der Waals surface area contributed by atoms with Crippen LogP contribution in [0.2, 0.25) is 5.02 Å². The number of unbranched alkanes of at least 4 members (excludes halogenated alkanes) is 1. The van der Waals surface area contributed by atoms with Crippen LogP contribution < -0.4 is 11.5 Å². The van der Waals surface area contributed by atoms with E-state index in [4.69, 9.17) is 23.1 Å². The molecule has 0 fully saturated rings. The molecule has 0 saturated heterocycles. The van der Waals surface area contributed by atoms with Gasteiger partial charge >= 0.3 is 0 Å². The predicted molar refractivity (Wildman–Crippen MR) is 84.0 cm³/mol. The van der Waals surface area contributed by atoms with Crippen LogP contribution in [0.4, 0.5) is 0 Å². The average Bonchev–Trinajstić information content (AvgIpc) is 2.90. The molecule has 6 heteroatoms. The summed E-state index contributed by atoms with van der Waals surface area (Å²) in [5, 5.41) is 1.65. The molecule has 20 heavy (non-hydrogen) atoms. The van der Waals surface area contributed by atoms with E-state index < -0.39 is 0 Å². The van der Waals surface area contributed by atoms with Gasteiger partial charge < -0.3 is 11.5 Å². The predicted octanol–water partition coefficient (Wildman–Crippen LogP) is 2.91. The lowest BCUT2D eigenvalue weighted by Crippen LogP contribution is -2.11. The lowest BCUT2D eigenvalue weighted by molar-refractivity contribution is 0.587. The van der Waals surface area contributed by atoms with Gasteiger partial charge in [0, 0.05) is 11.4 Å². The highest BCUT2D eigenvalue weighted by molar-refractivity contribution is 7.05. The molecule has 0 aliphatic rings. The van der Waals surface area contributed by atoms with Crippen molar-refractivity contribution in [2.24, 2.45) is 11.5 Å². The molecule has 108 valence electrons. The maximum Gasteiger partial charge on any atom is 0.147 e. The molecule has 1 heterocycles. The number of halogens is 1. The van der Waals surface area contributed by atoms with Gasteiger partial charge in [-0.05, 0) is 48.6 Å². The van der Waals surface area contributed by atoms with E-state index >= 15 is 0 Å². The van der Waals surface area contributed by atoms with Crippen LogP contribution in [0.5, 0.6) is 0 Å². The fourth-order valence-electron chi connectivity index (χ4n) is 1.91. The molecule has 1 aromatic carbocycles. The van der Waals surface area contributed by atoms with Gasteiger partial charge in [0.2, 0.25) is 0 Å². The zero-order valence-corrected chi connectivity index (χ0v) is 12.8. The Hall–Kier alpha value is -1.01. The quantitative estimate of drug-likeness (QED) is 0.771. The summed E-state index contributed by atoms with van der Waals surface area (Å²) in [5.41, 5.74) is 12.7. The summed E-state index contributed by atoms with van der Waals surface area (Å²) in [5.74, 6) is 0.821. The summed E-state index contributed by atoms with van der Waals surface area (Å²) in [6.45, 7) is 0.713. The molecule has 1 aromatic heterocycles. The van der Waals surface area contributed by atoms with E-state index in [0.29, 0.717) is 13.0 Å². The van der Waals surface area contributed by atoms with Gasteiger partial charge in [0.05, 0.1) is 6.04 Å². The van der Waals surface area contributed by atoms with E-state index in [1.54, 1.807) is 0 Å². The molecular weight excluding hydrogens is 292 g/mol. The molecular formula is C14H19ClN4S. The number of hydrogen-bond donors (Lipinski definition) is 2. The molecule has 0 spiro atoms. The van der Waals surface area contributed by atoms with Crippen LogP contribution in [0.25, 0.3) is 0 Å². The zero-order chi connectivity index (χ0) is 14.4. The van der Waals surface area contributed by atoms with Crippen molar-refractivity contribution in [1.29, 1.82) is 0 Å². The fourth-order valence-corrected chi connectivity index (χ4v) is 2.74. The van der Waals surface area contributed by atoms with Crippen molar-refractivity contribution in [3.05, 3.63) is 45.7 Å². The molecule has 0 aliphatic carbocycles. The third-order valence-electron chi connectivity index (χ3n) is 3.05. The second-order valence-electron chi connectivity index (χ2n) is 4.74. The summed E-state index contributed by atoms with van der Waals surface area (Å²) in [4.78, 5) is 4.52. The maximum absolute atomic E-state index is 6.11. The zero-order valence-electron chi connectivity index (χ0n) is 11.3. The van der Waals surface area contributed by atoms with Crippen molar-refractivity contribution in [3.8, 4) is 0 Å². The van der Waals surface area contributed by atoms with Crippen molar-refractivity contribution in [2.45, 2.75) is 31.7 Å². The molecule has 0 bridgehead atoms. The number of nitrogens with zero attached hydrogens (tertiary/aromatic N) is 2. The van der Waals surface area contributed by atoms with Crippen LogP contribution in [-0.2, 0) is 6.42 Å². The number of nitrogens with two attached hydrogens (primary N) is 2. The standard InChI is InChI=1S/C14H19ClN4S/c15-11-6-4-10(5-7-11)9-13-18-14(20-19-13)12(17)3-1-2-8-16/h4-7,12H,1-3,8-9,16-17H2. The minimum atomic E-state index is -0.0296. The molecule has 0 radical (unpaired) electrons. The first-order valence-corrected chi connectivity index (χ1v) is 7.86. The van der Waals surface area contributed by atoms with Crippen molar-refractivity contribution in [3.63, 3.8) is 0 Å². The third kappa shape index (κ3) is 4.52. The Balaban J connectivity index is 1.93. The molecule has 0 saturated carbocycles. The van der Waals surface area contributed by atoms with Crippen molar-refractivity contribution < 1.29 is 0 Å². The molecule has 4 N–H and O–H groups in total. The summed E-state index contributed by atoms with van der Waals surface area (Å²) in [7, 11) is 0. The lowest BCUT2D eigenvalue weighted by atomic mass is 10.1. The van der Waals surface area contributed by atoms with Crippen molar-refractivity contribution >= 4 is 23.1 Å².